The highest BCUT2D eigenvalue weighted by atomic mass is 32.2. The molecule has 4 heteroatoms. The molecule has 2 rings (SSSR count). The maximum Gasteiger partial charge on any atom is 0.230 e. The minimum atomic E-state index is 0.0547. The van der Waals surface area contributed by atoms with E-state index in [1.54, 1.807) is 11.8 Å². The highest BCUT2D eigenvalue weighted by Gasteiger charge is 2.03. The zero-order chi connectivity index (χ0) is 15.1. The van der Waals surface area contributed by atoms with Crippen molar-refractivity contribution < 1.29 is 4.79 Å². The number of rotatable bonds is 6. The van der Waals surface area contributed by atoms with Crippen LogP contribution >= 0.6 is 11.8 Å². The molecule has 0 heterocycles. The molecule has 0 spiro atoms. The highest BCUT2D eigenvalue weighted by Crippen LogP contribution is 2.16. The Morgan fingerprint density at radius 1 is 1.10 bits per heavy atom. The predicted octanol–water partition coefficient (Wildman–Crippen LogP) is 3.16. The molecular formula is C17H20N2OS. The first-order valence-corrected chi connectivity index (χ1v) is 7.84. The van der Waals surface area contributed by atoms with Gasteiger partial charge in [0, 0.05) is 31.2 Å². The SMILES string of the molecule is CN(C)c1cccc(CNC(=O)CSc2ccccc2)c1. The van der Waals surface area contributed by atoms with Crippen molar-refractivity contribution in [1.82, 2.24) is 5.32 Å². The fourth-order valence-electron chi connectivity index (χ4n) is 1.86. The van der Waals surface area contributed by atoms with Crippen LogP contribution in [0.25, 0.3) is 0 Å². The van der Waals surface area contributed by atoms with Crippen molar-refractivity contribution in [3.8, 4) is 0 Å². The Morgan fingerprint density at radius 3 is 2.57 bits per heavy atom. The Balaban J connectivity index is 1.80. The molecule has 3 nitrogen and oxygen atoms in total. The first-order valence-electron chi connectivity index (χ1n) is 6.86. The quantitative estimate of drug-likeness (QED) is 0.832. The van der Waals surface area contributed by atoms with E-state index in [-0.39, 0.29) is 5.91 Å². The van der Waals surface area contributed by atoms with Gasteiger partial charge < -0.3 is 10.2 Å². The Hall–Kier alpha value is -1.94. The fourth-order valence-corrected chi connectivity index (χ4v) is 2.61. The summed E-state index contributed by atoms with van der Waals surface area (Å²) in [5, 5.41) is 2.96. The second-order valence-electron chi connectivity index (χ2n) is 4.94. The van der Waals surface area contributed by atoms with Crippen molar-refractivity contribution in [2.45, 2.75) is 11.4 Å². The van der Waals surface area contributed by atoms with Crippen LogP contribution in [0, 0.1) is 0 Å². The molecule has 0 fully saturated rings. The average molecular weight is 300 g/mol. The van der Waals surface area contributed by atoms with Crippen molar-refractivity contribution >= 4 is 23.4 Å². The van der Waals surface area contributed by atoms with Gasteiger partial charge in [-0.15, -0.1) is 11.8 Å². The van der Waals surface area contributed by atoms with Gasteiger partial charge in [0.05, 0.1) is 5.75 Å². The molecule has 0 aliphatic carbocycles. The van der Waals surface area contributed by atoms with Crippen LogP contribution in [0.1, 0.15) is 5.56 Å². The third-order valence-corrected chi connectivity index (χ3v) is 4.04. The highest BCUT2D eigenvalue weighted by molar-refractivity contribution is 8.00. The summed E-state index contributed by atoms with van der Waals surface area (Å²) in [4.78, 5) is 15.0. The zero-order valence-corrected chi connectivity index (χ0v) is 13.2. The molecule has 0 aromatic heterocycles. The summed E-state index contributed by atoms with van der Waals surface area (Å²) in [5.41, 5.74) is 2.25. The number of benzene rings is 2. The van der Waals surface area contributed by atoms with Crippen molar-refractivity contribution in [2.75, 3.05) is 24.7 Å². The fraction of sp³-hybridized carbons (Fsp3) is 0.235. The molecule has 1 N–H and O–H groups in total. The van der Waals surface area contributed by atoms with E-state index in [9.17, 15) is 4.79 Å². The molecule has 0 saturated carbocycles. The number of anilines is 1. The molecule has 21 heavy (non-hydrogen) atoms. The summed E-state index contributed by atoms with van der Waals surface area (Å²) >= 11 is 1.55. The lowest BCUT2D eigenvalue weighted by molar-refractivity contribution is -0.118. The molecule has 0 aliphatic rings. The van der Waals surface area contributed by atoms with Gasteiger partial charge in [-0.25, -0.2) is 0 Å². The second kappa shape index (κ2) is 7.74. The number of carbonyl (C=O) groups is 1. The number of nitrogens with zero attached hydrogens (tertiary/aromatic N) is 1. The molecule has 0 aliphatic heterocycles. The number of thioether (sulfide) groups is 1. The molecule has 0 bridgehead atoms. The van der Waals surface area contributed by atoms with Gasteiger partial charge in [0.25, 0.3) is 0 Å². The average Bonchev–Trinajstić information content (AvgIpc) is 2.52. The summed E-state index contributed by atoms with van der Waals surface area (Å²) in [5.74, 6) is 0.497. The Morgan fingerprint density at radius 2 is 1.86 bits per heavy atom. The molecular weight excluding hydrogens is 280 g/mol. The van der Waals surface area contributed by atoms with Crippen LogP contribution in [0.2, 0.25) is 0 Å². The molecule has 2 aromatic rings. The van der Waals surface area contributed by atoms with Crippen LogP contribution in [0.5, 0.6) is 0 Å². The van der Waals surface area contributed by atoms with Crippen LogP contribution in [-0.4, -0.2) is 25.8 Å². The first-order chi connectivity index (χ1) is 10.1. The Kier molecular flexibility index (Phi) is 5.69. The van der Waals surface area contributed by atoms with Crippen molar-refractivity contribution in [1.29, 1.82) is 0 Å². The van der Waals surface area contributed by atoms with Gasteiger partial charge in [0.2, 0.25) is 5.91 Å². The van der Waals surface area contributed by atoms with Crippen molar-refractivity contribution in [3.05, 3.63) is 60.2 Å². The van der Waals surface area contributed by atoms with Gasteiger partial charge in [-0.1, -0.05) is 30.3 Å². The largest absolute Gasteiger partial charge is 0.378 e. The minimum Gasteiger partial charge on any atom is -0.378 e. The topological polar surface area (TPSA) is 32.3 Å². The third-order valence-electron chi connectivity index (χ3n) is 3.03. The van der Waals surface area contributed by atoms with E-state index >= 15 is 0 Å². The van der Waals surface area contributed by atoms with E-state index in [1.807, 2.05) is 56.6 Å². The number of amides is 1. The van der Waals surface area contributed by atoms with Gasteiger partial charge in [0.1, 0.15) is 0 Å². The number of hydrogen-bond donors (Lipinski definition) is 1. The Bertz CT molecular complexity index is 584. The Labute approximate surface area is 130 Å². The number of nitrogens with one attached hydrogen (secondary N) is 1. The molecule has 0 saturated heterocycles. The van der Waals surface area contributed by atoms with Crippen molar-refractivity contribution in [3.63, 3.8) is 0 Å². The van der Waals surface area contributed by atoms with Gasteiger partial charge in [-0.2, -0.15) is 0 Å². The minimum absolute atomic E-state index is 0.0547. The van der Waals surface area contributed by atoms with E-state index in [2.05, 4.69) is 22.3 Å². The van der Waals surface area contributed by atoms with Gasteiger partial charge in [-0.3, -0.25) is 4.79 Å². The number of carbonyl (C=O) groups excluding carboxylic acids is 1. The van der Waals surface area contributed by atoms with Gasteiger partial charge >= 0.3 is 0 Å². The summed E-state index contributed by atoms with van der Waals surface area (Å²) in [6, 6.07) is 18.1. The predicted molar refractivity (Wildman–Crippen MR) is 89.8 cm³/mol. The van der Waals surface area contributed by atoms with Crippen LogP contribution < -0.4 is 10.2 Å². The van der Waals surface area contributed by atoms with Crippen LogP contribution in [0.3, 0.4) is 0 Å². The summed E-state index contributed by atoms with van der Waals surface area (Å²) in [7, 11) is 4.02. The monoisotopic (exact) mass is 300 g/mol. The molecule has 2 aromatic carbocycles. The normalized spacial score (nSPS) is 10.2. The first kappa shape index (κ1) is 15.4. The van der Waals surface area contributed by atoms with E-state index in [4.69, 9.17) is 0 Å². The molecule has 110 valence electrons. The summed E-state index contributed by atoms with van der Waals surface area (Å²) < 4.78 is 0. The third kappa shape index (κ3) is 5.16. The summed E-state index contributed by atoms with van der Waals surface area (Å²) in [6.07, 6.45) is 0. The molecule has 0 atom stereocenters. The maximum absolute atomic E-state index is 11.9. The molecule has 0 radical (unpaired) electrons. The summed E-state index contributed by atoms with van der Waals surface area (Å²) in [6.45, 7) is 0.565. The van der Waals surface area contributed by atoms with Gasteiger partial charge in [-0.05, 0) is 29.8 Å². The van der Waals surface area contributed by atoms with E-state index in [1.165, 1.54) is 0 Å². The smallest absolute Gasteiger partial charge is 0.230 e. The zero-order valence-electron chi connectivity index (χ0n) is 12.4. The van der Waals surface area contributed by atoms with E-state index in [0.29, 0.717) is 12.3 Å². The van der Waals surface area contributed by atoms with Crippen LogP contribution in [0.15, 0.2) is 59.5 Å². The number of hydrogen-bond acceptors (Lipinski definition) is 3. The lowest BCUT2D eigenvalue weighted by Crippen LogP contribution is -2.24. The standard InChI is InChI=1S/C17H20N2OS/c1-19(2)15-8-6-7-14(11-15)12-18-17(20)13-21-16-9-4-3-5-10-16/h3-11H,12-13H2,1-2H3,(H,18,20). The lowest BCUT2D eigenvalue weighted by atomic mass is 10.2. The lowest BCUT2D eigenvalue weighted by Gasteiger charge is -2.13. The van der Waals surface area contributed by atoms with Crippen molar-refractivity contribution in [2.24, 2.45) is 0 Å². The van der Waals surface area contributed by atoms with Crippen LogP contribution in [0.4, 0.5) is 5.69 Å². The van der Waals surface area contributed by atoms with Gasteiger partial charge in [0.15, 0.2) is 0 Å². The van der Waals surface area contributed by atoms with E-state index < -0.39 is 0 Å². The van der Waals surface area contributed by atoms with E-state index in [0.717, 1.165) is 16.1 Å². The molecule has 1 amide bonds. The second-order valence-corrected chi connectivity index (χ2v) is 5.99. The molecule has 0 unspecified atom stereocenters. The maximum atomic E-state index is 11.9. The van der Waals surface area contributed by atoms with Crippen LogP contribution in [-0.2, 0) is 11.3 Å².